The molecule has 1 saturated heterocycles. The highest BCUT2D eigenvalue weighted by Crippen LogP contribution is 2.34. The van der Waals surface area contributed by atoms with Crippen molar-refractivity contribution in [3.63, 3.8) is 0 Å². The average molecular weight is 305 g/mol. The Balaban J connectivity index is 1.96. The van der Waals surface area contributed by atoms with Gasteiger partial charge in [-0.25, -0.2) is 0 Å². The van der Waals surface area contributed by atoms with E-state index in [1.165, 1.54) is 18.4 Å². The van der Waals surface area contributed by atoms with Gasteiger partial charge in [0.1, 0.15) is 0 Å². The van der Waals surface area contributed by atoms with Gasteiger partial charge in [-0.05, 0) is 42.8 Å². The van der Waals surface area contributed by atoms with Crippen molar-refractivity contribution in [2.75, 3.05) is 19.6 Å². The minimum atomic E-state index is 0.174. The first kappa shape index (κ1) is 16.4. The van der Waals surface area contributed by atoms with Gasteiger partial charge in [0, 0.05) is 12.5 Å². The summed E-state index contributed by atoms with van der Waals surface area (Å²) in [5, 5.41) is 0. The standard InChI is InChI=1S/C18H28N2S/c1-18(2,3)15-9-11-20(12-10-15)13-16(17(19)21)14-7-5-4-6-8-14/h4-8,15-16H,9-13H2,1-3H3,(H2,19,21). The van der Waals surface area contributed by atoms with Crippen LogP contribution < -0.4 is 5.73 Å². The molecule has 116 valence electrons. The summed E-state index contributed by atoms with van der Waals surface area (Å²) in [6.07, 6.45) is 2.56. The Labute approximate surface area is 134 Å². The molecular weight excluding hydrogens is 276 g/mol. The van der Waals surface area contributed by atoms with Crippen LogP contribution in [0.25, 0.3) is 0 Å². The fraction of sp³-hybridized carbons (Fsp3) is 0.611. The van der Waals surface area contributed by atoms with E-state index in [2.05, 4.69) is 49.9 Å². The van der Waals surface area contributed by atoms with Crippen LogP contribution in [0, 0.1) is 11.3 Å². The van der Waals surface area contributed by atoms with E-state index in [9.17, 15) is 0 Å². The maximum atomic E-state index is 5.99. The van der Waals surface area contributed by atoms with Crippen LogP contribution in [0.1, 0.15) is 45.1 Å². The van der Waals surface area contributed by atoms with E-state index in [-0.39, 0.29) is 5.92 Å². The average Bonchev–Trinajstić information content (AvgIpc) is 2.45. The number of hydrogen-bond acceptors (Lipinski definition) is 2. The monoisotopic (exact) mass is 304 g/mol. The molecule has 21 heavy (non-hydrogen) atoms. The normalized spacial score (nSPS) is 19.4. The summed E-state index contributed by atoms with van der Waals surface area (Å²) in [6, 6.07) is 10.4. The SMILES string of the molecule is CC(C)(C)C1CCN(CC(C(N)=S)c2ccccc2)CC1. The predicted molar refractivity (Wildman–Crippen MR) is 94.6 cm³/mol. The maximum Gasteiger partial charge on any atom is 0.0816 e. The molecule has 1 aromatic carbocycles. The lowest BCUT2D eigenvalue weighted by molar-refractivity contribution is 0.112. The summed E-state index contributed by atoms with van der Waals surface area (Å²) in [5.74, 6) is 1.00. The second-order valence-corrected chi connectivity index (χ2v) is 7.78. The van der Waals surface area contributed by atoms with Crippen LogP contribution in [0.3, 0.4) is 0 Å². The van der Waals surface area contributed by atoms with E-state index < -0.39 is 0 Å². The quantitative estimate of drug-likeness (QED) is 0.858. The Kier molecular flexibility index (Phi) is 5.39. The second kappa shape index (κ2) is 6.89. The molecule has 0 spiro atoms. The second-order valence-electron chi connectivity index (χ2n) is 7.31. The van der Waals surface area contributed by atoms with Gasteiger partial charge in [0.2, 0.25) is 0 Å². The van der Waals surface area contributed by atoms with E-state index in [1.807, 2.05) is 6.07 Å². The van der Waals surface area contributed by atoms with Crippen molar-refractivity contribution in [3.05, 3.63) is 35.9 Å². The van der Waals surface area contributed by atoms with Crippen LogP contribution in [0.4, 0.5) is 0 Å². The number of rotatable bonds is 4. The number of nitrogens with two attached hydrogens (primary N) is 1. The third kappa shape index (κ3) is 4.52. The minimum Gasteiger partial charge on any atom is -0.393 e. The first-order valence-electron chi connectivity index (χ1n) is 7.94. The van der Waals surface area contributed by atoms with E-state index in [4.69, 9.17) is 18.0 Å². The van der Waals surface area contributed by atoms with Gasteiger partial charge in [0.15, 0.2) is 0 Å². The molecule has 1 aliphatic rings. The minimum absolute atomic E-state index is 0.174. The Morgan fingerprint density at radius 3 is 2.29 bits per heavy atom. The number of piperidine rings is 1. The van der Waals surface area contributed by atoms with Gasteiger partial charge in [0.25, 0.3) is 0 Å². The third-order valence-electron chi connectivity index (χ3n) is 4.80. The van der Waals surface area contributed by atoms with Crippen LogP contribution in [0.15, 0.2) is 30.3 Å². The van der Waals surface area contributed by atoms with Gasteiger partial charge in [-0.3, -0.25) is 0 Å². The molecule has 0 aromatic heterocycles. The molecule has 2 N–H and O–H groups in total. The molecule has 0 radical (unpaired) electrons. The zero-order valence-electron chi connectivity index (χ0n) is 13.5. The molecule has 1 fully saturated rings. The molecular formula is C18H28N2S. The molecule has 0 amide bonds. The lowest BCUT2D eigenvalue weighted by Gasteiger charge is -2.39. The van der Waals surface area contributed by atoms with Crippen LogP contribution in [0.5, 0.6) is 0 Å². The summed E-state index contributed by atoms with van der Waals surface area (Å²) in [7, 11) is 0. The Hall–Kier alpha value is -0.930. The molecule has 0 saturated carbocycles. The van der Waals surface area contributed by atoms with E-state index in [0.717, 1.165) is 25.6 Å². The fourth-order valence-corrected chi connectivity index (χ4v) is 3.50. The molecule has 0 aliphatic carbocycles. The molecule has 0 bridgehead atoms. The molecule has 1 aliphatic heterocycles. The van der Waals surface area contributed by atoms with Crippen LogP contribution in [-0.4, -0.2) is 29.5 Å². The lowest BCUT2D eigenvalue weighted by Crippen LogP contribution is -2.41. The Morgan fingerprint density at radius 1 is 1.24 bits per heavy atom. The number of thiocarbonyl (C=S) groups is 1. The van der Waals surface area contributed by atoms with Gasteiger partial charge in [-0.15, -0.1) is 0 Å². The summed E-state index contributed by atoms with van der Waals surface area (Å²) < 4.78 is 0. The third-order valence-corrected chi connectivity index (χ3v) is 5.08. The molecule has 1 unspecified atom stereocenters. The van der Waals surface area contributed by atoms with Crippen LogP contribution >= 0.6 is 12.2 Å². The van der Waals surface area contributed by atoms with Crippen LogP contribution in [0.2, 0.25) is 0 Å². The summed E-state index contributed by atoms with van der Waals surface area (Å²) in [6.45, 7) is 10.3. The lowest BCUT2D eigenvalue weighted by atomic mass is 9.75. The summed E-state index contributed by atoms with van der Waals surface area (Å²) >= 11 is 5.30. The zero-order chi connectivity index (χ0) is 15.5. The van der Waals surface area contributed by atoms with Gasteiger partial charge >= 0.3 is 0 Å². The topological polar surface area (TPSA) is 29.3 Å². The van der Waals surface area contributed by atoms with Gasteiger partial charge < -0.3 is 10.6 Å². The van der Waals surface area contributed by atoms with Crippen molar-refractivity contribution >= 4 is 17.2 Å². The summed E-state index contributed by atoms with van der Waals surface area (Å²) in [4.78, 5) is 3.14. The Morgan fingerprint density at radius 2 is 1.81 bits per heavy atom. The van der Waals surface area contributed by atoms with Crippen molar-refractivity contribution in [3.8, 4) is 0 Å². The number of benzene rings is 1. The first-order chi connectivity index (χ1) is 9.88. The van der Waals surface area contributed by atoms with E-state index >= 15 is 0 Å². The number of nitrogens with zero attached hydrogens (tertiary/aromatic N) is 1. The van der Waals surface area contributed by atoms with Crippen molar-refractivity contribution < 1.29 is 0 Å². The highest BCUT2D eigenvalue weighted by atomic mass is 32.1. The van der Waals surface area contributed by atoms with Gasteiger partial charge in [-0.2, -0.15) is 0 Å². The fourth-order valence-electron chi connectivity index (χ4n) is 3.28. The summed E-state index contributed by atoms with van der Waals surface area (Å²) in [5.41, 5.74) is 7.65. The van der Waals surface area contributed by atoms with Crippen molar-refractivity contribution in [2.24, 2.45) is 17.1 Å². The molecule has 3 heteroatoms. The van der Waals surface area contributed by atoms with Gasteiger partial charge in [0.05, 0.1) is 4.99 Å². The van der Waals surface area contributed by atoms with Crippen LogP contribution in [-0.2, 0) is 0 Å². The maximum absolute atomic E-state index is 5.99. The zero-order valence-corrected chi connectivity index (χ0v) is 14.3. The number of hydrogen-bond donors (Lipinski definition) is 1. The molecule has 1 atom stereocenters. The highest BCUT2D eigenvalue weighted by molar-refractivity contribution is 7.80. The largest absolute Gasteiger partial charge is 0.393 e. The number of likely N-dealkylation sites (tertiary alicyclic amines) is 1. The van der Waals surface area contributed by atoms with Crippen molar-refractivity contribution in [1.29, 1.82) is 0 Å². The first-order valence-corrected chi connectivity index (χ1v) is 8.35. The molecule has 1 aromatic rings. The van der Waals surface area contributed by atoms with E-state index in [1.54, 1.807) is 0 Å². The van der Waals surface area contributed by atoms with Crippen molar-refractivity contribution in [2.45, 2.75) is 39.5 Å². The van der Waals surface area contributed by atoms with E-state index in [0.29, 0.717) is 10.4 Å². The molecule has 1 heterocycles. The smallest absolute Gasteiger partial charge is 0.0816 e. The van der Waals surface area contributed by atoms with Gasteiger partial charge in [-0.1, -0.05) is 63.3 Å². The highest BCUT2D eigenvalue weighted by Gasteiger charge is 2.30. The predicted octanol–water partition coefficient (Wildman–Crippen LogP) is 3.81. The Bertz CT molecular complexity index is 456. The van der Waals surface area contributed by atoms with Crippen molar-refractivity contribution in [1.82, 2.24) is 4.90 Å². The molecule has 2 nitrogen and oxygen atoms in total. The molecule has 2 rings (SSSR count).